The zero-order valence-electron chi connectivity index (χ0n) is 40.1. The summed E-state index contributed by atoms with van der Waals surface area (Å²) >= 11 is 0. The number of hydrogen-bond donors (Lipinski definition) is 0. The summed E-state index contributed by atoms with van der Waals surface area (Å²) in [5.74, 6) is 2.35. The smallest absolute Gasteiger partial charge is 0.160 e. The summed E-state index contributed by atoms with van der Waals surface area (Å²) in [5.41, 5.74) is 19.0. The molecule has 3 aromatic heterocycles. The van der Waals surface area contributed by atoms with Crippen LogP contribution in [-0.2, 0) is 0 Å². The monoisotopic (exact) mass is 937 g/mol. The lowest BCUT2D eigenvalue weighted by Crippen LogP contribution is -1.99. The molecule has 7 heteroatoms. The maximum atomic E-state index is 5.30. The van der Waals surface area contributed by atoms with Crippen molar-refractivity contribution in [3.63, 3.8) is 0 Å². The molecule has 9 aromatic carbocycles. The van der Waals surface area contributed by atoms with Gasteiger partial charge in [-0.25, -0.2) is 19.9 Å². The predicted molar refractivity (Wildman–Crippen MR) is 302 cm³/mol. The van der Waals surface area contributed by atoms with Crippen LogP contribution in [-0.4, -0.2) is 35.8 Å². The quantitative estimate of drug-likeness (QED) is 0.0903. The van der Waals surface area contributed by atoms with Crippen molar-refractivity contribution in [2.75, 3.05) is 0 Å². The molecule has 0 atom stereocenters. The van der Waals surface area contributed by atoms with Crippen LogP contribution in [0, 0.1) is 0 Å². The Kier molecular flexibility index (Phi) is 11.9. The van der Waals surface area contributed by atoms with Gasteiger partial charge in [0, 0.05) is 45.4 Å². The second-order valence-corrected chi connectivity index (χ2v) is 17.8. The zero-order chi connectivity index (χ0) is 49.1. The molecule has 12 rings (SSSR count). The third kappa shape index (κ3) is 8.77. The van der Waals surface area contributed by atoms with Gasteiger partial charge in [-0.2, -0.15) is 0 Å². The van der Waals surface area contributed by atoms with Crippen molar-refractivity contribution in [1.29, 1.82) is 0 Å². The third-order valence-electron chi connectivity index (χ3n) is 13.3. The Balaban J connectivity index is 1.00. The molecule has 0 fully saturated rings. The van der Waals surface area contributed by atoms with Crippen molar-refractivity contribution >= 4 is 34.4 Å². The number of allylic oxidation sites excluding steroid dienone is 3. The van der Waals surface area contributed by atoms with Crippen LogP contribution >= 0.6 is 0 Å². The van der Waals surface area contributed by atoms with E-state index in [2.05, 4.69) is 227 Å². The summed E-state index contributed by atoms with van der Waals surface area (Å²) in [6.45, 7) is 5.68. The van der Waals surface area contributed by atoms with Crippen LogP contribution < -0.4 is 0 Å². The molecule has 3 heterocycles. The van der Waals surface area contributed by atoms with Gasteiger partial charge in [0.15, 0.2) is 5.82 Å². The Morgan fingerprint density at radius 3 is 1.25 bits per heavy atom. The van der Waals surface area contributed by atoms with E-state index < -0.39 is 0 Å². The van der Waals surface area contributed by atoms with Gasteiger partial charge in [-0.05, 0) is 126 Å². The number of imidazole rings is 2. The lowest BCUT2D eigenvalue weighted by atomic mass is 9.93. The highest BCUT2D eigenvalue weighted by Gasteiger charge is 2.19. The van der Waals surface area contributed by atoms with Crippen LogP contribution in [0.3, 0.4) is 0 Å². The largest absolute Gasteiger partial charge is 0.292 e. The first-order valence-electron chi connectivity index (χ1n) is 24.4. The summed E-state index contributed by atoms with van der Waals surface area (Å²) < 4.78 is 4.47. The minimum atomic E-state index is 0.588. The molecule has 0 unspecified atom stereocenters. The number of para-hydroxylation sites is 6. The molecule has 7 nitrogen and oxygen atoms in total. The second-order valence-electron chi connectivity index (χ2n) is 17.8. The molecule has 0 saturated carbocycles. The molecule has 0 radical (unpaired) electrons. The van der Waals surface area contributed by atoms with E-state index >= 15 is 0 Å². The number of fused-ring (bicyclic) bond motifs is 2. The van der Waals surface area contributed by atoms with Gasteiger partial charge < -0.3 is 0 Å². The van der Waals surface area contributed by atoms with Crippen molar-refractivity contribution in [2.24, 2.45) is 4.99 Å². The molecule has 0 aliphatic carbocycles. The fraction of sp³-hybridized carbons (Fsp3) is 0.0152. The molecule has 0 amide bonds. The van der Waals surface area contributed by atoms with E-state index in [1.807, 2.05) is 49.4 Å². The number of benzene rings is 9. The van der Waals surface area contributed by atoms with Gasteiger partial charge >= 0.3 is 0 Å². The fourth-order valence-electron chi connectivity index (χ4n) is 9.62. The number of nitrogens with zero attached hydrogens (tertiary/aromatic N) is 7. The lowest BCUT2D eigenvalue weighted by molar-refractivity contribution is 1.10. The molecular formula is C66H47N7. The molecule has 0 aliphatic rings. The minimum Gasteiger partial charge on any atom is -0.292 e. The first kappa shape index (κ1) is 44.4. The molecular weight excluding hydrogens is 891 g/mol. The van der Waals surface area contributed by atoms with Crippen LogP contribution in [0.15, 0.2) is 260 Å². The van der Waals surface area contributed by atoms with Gasteiger partial charge in [0.1, 0.15) is 11.6 Å². The molecule has 0 bridgehead atoms. The Morgan fingerprint density at radius 2 is 0.767 bits per heavy atom. The summed E-state index contributed by atoms with van der Waals surface area (Å²) in [4.78, 5) is 24.8. The van der Waals surface area contributed by atoms with Crippen molar-refractivity contribution in [2.45, 2.75) is 6.92 Å². The molecule has 12 aromatic rings. The summed E-state index contributed by atoms with van der Waals surface area (Å²) in [7, 11) is 0. The number of aliphatic imine (C=N–C) groups is 1. The molecule has 0 aliphatic heterocycles. The van der Waals surface area contributed by atoms with Crippen molar-refractivity contribution < 1.29 is 0 Å². The molecule has 0 spiro atoms. The van der Waals surface area contributed by atoms with Gasteiger partial charge in [0.25, 0.3) is 0 Å². The van der Waals surface area contributed by atoms with Crippen LogP contribution in [0.1, 0.15) is 12.7 Å². The van der Waals surface area contributed by atoms with Crippen molar-refractivity contribution in [3.05, 3.63) is 261 Å². The van der Waals surface area contributed by atoms with Crippen molar-refractivity contribution in [3.8, 4) is 90.0 Å². The van der Waals surface area contributed by atoms with E-state index in [-0.39, 0.29) is 0 Å². The average molecular weight is 938 g/mol. The van der Waals surface area contributed by atoms with E-state index in [0.29, 0.717) is 5.82 Å². The highest BCUT2D eigenvalue weighted by Crippen LogP contribution is 2.38. The number of aromatic nitrogens is 6. The third-order valence-corrected chi connectivity index (χ3v) is 13.3. The Labute approximate surface area is 424 Å². The normalized spacial score (nSPS) is 11.7. The second kappa shape index (κ2) is 19.5. The Bertz CT molecular complexity index is 3820. The number of hydrogen-bond acceptors (Lipinski definition) is 5. The van der Waals surface area contributed by atoms with E-state index in [4.69, 9.17) is 19.9 Å². The predicted octanol–water partition coefficient (Wildman–Crippen LogP) is 16.4. The van der Waals surface area contributed by atoms with Crippen molar-refractivity contribution in [1.82, 2.24) is 29.1 Å². The topological polar surface area (TPSA) is 73.8 Å². The van der Waals surface area contributed by atoms with E-state index in [9.17, 15) is 0 Å². The molecule has 346 valence electrons. The molecule has 0 saturated heterocycles. The first-order chi connectivity index (χ1) is 36.1. The SMILES string of the molecule is C=N/C=C\C(=C/C)c1nc(-c2ccc(-c3ccccc3)cc2)cc(-c2cc(-c3ccc(-c4nc5ccccc5n4-c4ccccc4)cc3)cc(-c3ccc(-c4nc5ccccc5n4-c4ccccc4)cc3)c2)n1. The maximum Gasteiger partial charge on any atom is 0.160 e. The van der Waals surface area contributed by atoms with Gasteiger partial charge in [-0.3, -0.25) is 14.1 Å². The van der Waals surface area contributed by atoms with Gasteiger partial charge in [-0.15, -0.1) is 0 Å². The van der Waals surface area contributed by atoms with E-state index in [1.54, 1.807) is 6.20 Å². The first-order valence-corrected chi connectivity index (χ1v) is 24.4. The maximum absolute atomic E-state index is 5.30. The summed E-state index contributed by atoms with van der Waals surface area (Å²) in [6.07, 6.45) is 5.58. The fourth-order valence-corrected chi connectivity index (χ4v) is 9.62. The Morgan fingerprint density at radius 1 is 0.384 bits per heavy atom. The van der Waals surface area contributed by atoms with Gasteiger partial charge in [0.05, 0.1) is 33.5 Å². The highest BCUT2D eigenvalue weighted by atomic mass is 15.1. The molecule has 0 N–H and O–H groups in total. The van der Waals surface area contributed by atoms with Crippen LogP contribution in [0.2, 0.25) is 0 Å². The highest BCUT2D eigenvalue weighted by molar-refractivity contribution is 5.87. The van der Waals surface area contributed by atoms with Gasteiger partial charge in [0.2, 0.25) is 0 Å². The van der Waals surface area contributed by atoms with E-state index in [0.717, 1.165) is 118 Å². The minimum absolute atomic E-state index is 0.588. The lowest BCUT2D eigenvalue weighted by Gasteiger charge is -2.14. The average Bonchev–Trinajstić information content (AvgIpc) is 4.06. The standard InChI is InChI=1S/C66H47N7/c1-3-45(39-40-67-2)64-68-60(50-33-27-47(28-34-50)46-17-7-4-8-18-46)44-61(69-64)55-42-53(48-29-35-51(36-30-48)65-70-58-23-13-15-25-62(58)72(65)56-19-9-5-10-20-56)41-54(43-55)49-31-37-52(38-32-49)66-71-59-24-14-16-26-63(59)73(66)57-21-11-6-12-22-57/h3-44H,2H2,1H3/b40-39-,45-3+. The van der Waals surface area contributed by atoms with Crippen LogP contribution in [0.4, 0.5) is 0 Å². The van der Waals surface area contributed by atoms with Crippen LogP contribution in [0.5, 0.6) is 0 Å². The molecule has 73 heavy (non-hydrogen) atoms. The van der Waals surface area contributed by atoms with Crippen LogP contribution in [0.25, 0.3) is 118 Å². The van der Waals surface area contributed by atoms with Gasteiger partial charge in [-0.1, -0.05) is 170 Å². The summed E-state index contributed by atoms with van der Waals surface area (Å²) in [5, 5.41) is 0. The number of rotatable bonds is 12. The zero-order valence-corrected chi connectivity index (χ0v) is 40.1. The summed E-state index contributed by atoms with van der Waals surface area (Å²) in [6, 6.07) is 82.8. The Hall–Kier alpha value is -9.85. The van der Waals surface area contributed by atoms with E-state index in [1.165, 1.54) is 0 Å².